The molecule has 2 fully saturated rings. The van der Waals surface area contributed by atoms with Crippen molar-refractivity contribution in [2.45, 2.75) is 51.7 Å². The molecule has 2 unspecified atom stereocenters. The van der Waals surface area contributed by atoms with Gasteiger partial charge in [0.2, 0.25) is 0 Å². The molecule has 2 heterocycles. The third kappa shape index (κ3) is 4.23. The minimum absolute atomic E-state index is 0.523. The average molecular weight is 240 g/mol. The summed E-state index contributed by atoms with van der Waals surface area (Å²) in [6, 6.07) is 0.724. The van der Waals surface area contributed by atoms with Crippen molar-refractivity contribution in [3.63, 3.8) is 0 Å². The molecule has 0 aromatic rings. The van der Waals surface area contributed by atoms with E-state index in [0.29, 0.717) is 6.10 Å². The molecule has 3 heteroatoms. The fourth-order valence-electron chi connectivity index (χ4n) is 3.17. The molecular formula is C14H28N2O. The first kappa shape index (κ1) is 13.3. The molecule has 2 rings (SSSR count). The highest BCUT2D eigenvalue weighted by atomic mass is 16.5. The SMILES string of the molecule is CCOC1CCN(CC2CC(C)CCN2)CC1. The number of ether oxygens (including phenoxy) is 1. The van der Waals surface area contributed by atoms with Gasteiger partial charge in [-0.15, -0.1) is 0 Å². The molecule has 3 nitrogen and oxygen atoms in total. The number of piperidine rings is 2. The van der Waals surface area contributed by atoms with Crippen molar-refractivity contribution < 1.29 is 4.74 Å². The molecule has 0 aromatic carbocycles. The predicted molar refractivity (Wildman–Crippen MR) is 71.3 cm³/mol. The van der Waals surface area contributed by atoms with E-state index >= 15 is 0 Å². The summed E-state index contributed by atoms with van der Waals surface area (Å²) in [5.41, 5.74) is 0. The molecule has 0 spiro atoms. The van der Waals surface area contributed by atoms with Crippen molar-refractivity contribution in [2.75, 3.05) is 32.8 Å². The van der Waals surface area contributed by atoms with Crippen LogP contribution in [0.2, 0.25) is 0 Å². The Labute approximate surface area is 106 Å². The summed E-state index contributed by atoms with van der Waals surface area (Å²) in [5, 5.41) is 3.66. The van der Waals surface area contributed by atoms with Gasteiger partial charge in [-0.05, 0) is 45.1 Å². The van der Waals surface area contributed by atoms with Crippen LogP contribution < -0.4 is 5.32 Å². The Balaban J connectivity index is 1.67. The van der Waals surface area contributed by atoms with E-state index in [4.69, 9.17) is 4.74 Å². The largest absolute Gasteiger partial charge is 0.378 e. The first-order chi connectivity index (χ1) is 8.28. The fourth-order valence-corrected chi connectivity index (χ4v) is 3.17. The Morgan fingerprint density at radius 1 is 1.24 bits per heavy atom. The second-order valence-electron chi connectivity index (χ2n) is 5.74. The third-order valence-corrected chi connectivity index (χ3v) is 4.17. The minimum Gasteiger partial charge on any atom is -0.378 e. The Kier molecular flexibility index (Phi) is 5.26. The fraction of sp³-hybridized carbons (Fsp3) is 1.00. The minimum atomic E-state index is 0.523. The molecule has 1 N–H and O–H groups in total. The van der Waals surface area contributed by atoms with Crippen LogP contribution in [0, 0.1) is 5.92 Å². The van der Waals surface area contributed by atoms with Gasteiger partial charge in [0, 0.05) is 32.3 Å². The zero-order chi connectivity index (χ0) is 12.1. The predicted octanol–water partition coefficient (Wildman–Crippen LogP) is 1.88. The van der Waals surface area contributed by atoms with Crippen molar-refractivity contribution in [3.05, 3.63) is 0 Å². The standard InChI is InChI=1S/C14H28N2O/c1-3-17-14-5-8-16(9-6-14)11-13-10-12(2)4-7-15-13/h12-15H,3-11H2,1-2H3. The maximum Gasteiger partial charge on any atom is 0.0599 e. The summed E-state index contributed by atoms with van der Waals surface area (Å²) in [6.45, 7) is 10.2. The lowest BCUT2D eigenvalue weighted by Gasteiger charge is -2.36. The maximum absolute atomic E-state index is 5.70. The number of nitrogens with one attached hydrogen (secondary N) is 1. The van der Waals surface area contributed by atoms with Crippen LogP contribution in [0.3, 0.4) is 0 Å². The second-order valence-corrected chi connectivity index (χ2v) is 5.74. The average Bonchev–Trinajstić information content (AvgIpc) is 2.32. The molecule has 17 heavy (non-hydrogen) atoms. The van der Waals surface area contributed by atoms with Gasteiger partial charge >= 0.3 is 0 Å². The van der Waals surface area contributed by atoms with Crippen molar-refractivity contribution in [2.24, 2.45) is 5.92 Å². The van der Waals surface area contributed by atoms with Crippen molar-refractivity contribution in [1.82, 2.24) is 10.2 Å². The first-order valence-electron chi connectivity index (χ1n) is 7.35. The van der Waals surface area contributed by atoms with Gasteiger partial charge in [-0.2, -0.15) is 0 Å². The van der Waals surface area contributed by atoms with E-state index < -0.39 is 0 Å². The summed E-state index contributed by atoms with van der Waals surface area (Å²) in [4.78, 5) is 2.62. The maximum atomic E-state index is 5.70. The smallest absolute Gasteiger partial charge is 0.0599 e. The molecule has 0 aliphatic carbocycles. The molecule has 0 aromatic heterocycles. The van der Waals surface area contributed by atoms with Crippen LogP contribution in [0.5, 0.6) is 0 Å². The van der Waals surface area contributed by atoms with Gasteiger partial charge in [0.25, 0.3) is 0 Å². The van der Waals surface area contributed by atoms with E-state index in [1.54, 1.807) is 0 Å². The molecular weight excluding hydrogens is 212 g/mol. The Hall–Kier alpha value is -0.120. The number of hydrogen-bond acceptors (Lipinski definition) is 3. The highest BCUT2D eigenvalue weighted by molar-refractivity contribution is 4.81. The molecule has 2 aliphatic rings. The summed E-state index contributed by atoms with van der Waals surface area (Å²) >= 11 is 0. The van der Waals surface area contributed by atoms with E-state index in [1.807, 2.05) is 0 Å². The Bertz CT molecular complexity index is 214. The van der Waals surface area contributed by atoms with E-state index in [-0.39, 0.29) is 0 Å². The van der Waals surface area contributed by atoms with Gasteiger partial charge in [0.15, 0.2) is 0 Å². The first-order valence-corrected chi connectivity index (χ1v) is 7.35. The van der Waals surface area contributed by atoms with Gasteiger partial charge in [-0.25, -0.2) is 0 Å². The quantitative estimate of drug-likeness (QED) is 0.812. The van der Waals surface area contributed by atoms with Gasteiger partial charge in [0.1, 0.15) is 0 Å². The van der Waals surface area contributed by atoms with Crippen molar-refractivity contribution >= 4 is 0 Å². The molecule has 2 aliphatic heterocycles. The third-order valence-electron chi connectivity index (χ3n) is 4.17. The summed E-state index contributed by atoms with van der Waals surface area (Å²) in [5.74, 6) is 0.905. The van der Waals surface area contributed by atoms with Crippen molar-refractivity contribution in [1.29, 1.82) is 0 Å². The molecule has 0 radical (unpaired) electrons. The zero-order valence-electron chi connectivity index (χ0n) is 11.5. The van der Waals surface area contributed by atoms with Crippen LogP contribution in [0.25, 0.3) is 0 Å². The van der Waals surface area contributed by atoms with Gasteiger partial charge < -0.3 is 15.0 Å². The lowest BCUT2D eigenvalue weighted by Crippen LogP contribution is -2.48. The number of likely N-dealkylation sites (tertiary alicyclic amines) is 1. The second kappa shape index (κ2) is 6.72. The van der Waals surface area contributed by atoms with E-state index in [1.165, 1.54) is 51.9 Å². The van der Waals surface area contributed by atoms with Crippen LogP contribution >= 0.6 is 0 Å². The molecule has 100 valence electrons. The topological polar surface area (TPSA) is 24.5 Å². The molecule has 0 bridgehead atoms. The van der Waals surface area contributed by atoms with Gasteiger partial charge in [-0.1, -0.05) is 6.92 Å². The zero-order valence-corrected chi connectivity index (χ0v) is 11.5. The highest BCUT2D eigenvalue weighted by Gasteiger charge is 2.24. The summed E-state index contributed by atoms with van der Waals surface area (Å²) in [7, 11) is 0. The number of nitrogens with zero attached hydrogens (tertiary/aromatic N) is 1. The van der Waals surface area contributed by atoms with Crippen LogP contribution in [-0.2, 0) is 4.74 Å². The van der Waals surface area contributed by atoms with Crippen LogP contribution in [0.1, 0.15) is 39.5 Å². The highest BCUT2D eigenvalue weighted by Crippen LogP contribution is 2.18. The lowest BCUT2D eigenvalue weighted by atomic mass is 9.93. The number of hydrogen-bond donors (Lipinski definition) is 1. The molecule has 0 saturated carbocycles. The molecule has 0 amide bonds. The van der Waals surface area contributed by atoms with E-state index in [9.17, 15) is 0 Å². The Morgan fingerprint density at radius 3 is 2.65 bits per heavy atom. The molecule has 2 saturated heterocycles. The van der Waals surface area contributed by atoms with E-state index in [0.717, 1.165) is 18.6 Å². The summed E-state index contributed by atoms with van der Waals surface area (Å²) in [6.07, 6.45) is 5.66. The van der Waals surface area contributed by atoms with Gasteiger partial charge in [-0.3, -0.25) is 0 Å². The van der Waals surface area contributed by atoms with Crippen LogP contribution in [0.4, 0.5) is 0 Å². The molecule has 2 atom stereocenters. The van der Waals surface area contributed by atoms with Crippen LogP contribution in [0.15, 0.2) is 0 Å². The number of rotatable bonds is 4. The van der Waals surface area contributed by atoms with Crippen molar-refractivity contribution in [3.8, 4) is 0 Å². The monoisotopic (exact) mass is 240 g/mol. The lowest BCUT2D eigenvalue weighted by molar-refractivity contribution is 0.0113. The summed E-state index contributed by atoms with van der Waals surface area (Å²) < 4.78 is 5.70. The van der Waals surface area contributed by atoms with E-state index in [2.05, 4.69) is 24.1 Å². The normalized spacial score (nSPS) is 32.8. The van der Waals surface area contributed by atoms with Crippen LogP contribution in [-0.4, -0.2) is 49.8 Å². The Morgan fingerprint density at radius 2 is 2.00 bits per heavy atom. The van der Waals surface area contributed by atoms with Gasteiger partial charge in [0.05, 0.1) is 6.10 Å².